The number of piperazine rings is 1. The number of carbonyl (C=O) groups excluding carboxylic acids is 2. The average Bonchev–Trinajstić information content (AvgIpc) is 3.11. The minimum Gasteiger partial charge on any atom is -0.354 e. The Morgan fingerprint density at radius 2 is 1.58 bits per heavy atom. The maximum absolute atomic E-state index is 12.8. The van der Waals surface area contributed by atoms with Crippen LogP contribution in [0, 0.1) is 20.8 Å². The molecule has 0 N–H and O–H groups in total. The SMILES string of the molecule is Cc1nc(N2CCN(S(=O)(=O)CCN3C(=O)CCCC3=O)CC2)cc(-n2cnc(C)c2C)n1. The number of anilines is 1. The van der Waals surface area contributed by atoms with Crippen LogP contribution in [0.15, 0.2) is 12.4 Å². The Labute approximate surface area is 193 Å². The molecule has 0 bridgehead atoms. The van der Waals surface area contributed by atoms with Crippen LogP contribution in [-0.2, 0) is 19.6 Å². The van der Waals surface area contributed by atoms with E-state index in [1.165, 1.54) is 4.31 Å². The maximum Gasteiger partial charge on any atom is 0.229 e. The quantitative estimate of drug-likeness (QED) is 0.556. The molecular weight excluding hydrogens is 446 g/mol. The summed E-state index contributed by atoms with van der Waals surface area (Å²) in [4.78, 5) is 40.4. The monoisotopic (exact) mass is 475 g/mol. The molecule has 0 aromatic carbocycles. The first-order chi connectivity index (χ1) is 15.7. The Hall–Kier alpha value is -2.86. The number of nitrogens with zero attached hydrogens (tertiary/aromatic N) is 7. The van der Waals surface area contributed by atoms with Crippen LogP contribution in [0.2, 0.25) is 0 Å². The molecule has 12 heteroatoms. The highest BCUT2D eigenvalue weighted by atomic mass is 32.2. The molecule has 11 nitrogen and oxygen atoms in total. The standard InChI is InChI=1S/C21H29N7O4S/c1-15-16(2)28(14-22-15)19-13-18(23-17(3)24-19)25-7-9-26(10-8-25)33(31,32)12-11-27-20(29)5-4-6-21(27)30/h13-14H,4-12H2,1-3H3. The highest BCUT2D eigenvalue weighted by molar-refractivity contribution is 7.89. The highest BCUT2D eigenvalue weighted by Crippen LogP contribution is 2.21. The van der Waals surface area contributed by atoms with Crippen molar-refractivity contribution in [2.45, 2.75) is 40.0 Å². The number of imidazole rings is 1. The second kappa shape index (κ2) is 9.18. The summed E-state index contributed by atoms with van der Waals surface area (Å²) in [6, 6.07) is 1.89. The van der Waals surface area contributed by atoms with Gasteiger partial charge in [-0.05, 0) is 27.2 Å². The lowest BCUT2D eigenvalue weighted by molar-refractivity contribution is -0.147. The Kier molecular flexibility index (Phi) is 6.48. The number of sulfonamides is 1. The third kappa shape index (κ3) is 4.91. The first-order valence-corrected chi connectivity index (χ1v) is 12.7. The van der Waals surface area contributed by atoms with Crippen molar-refractivity contribution in [3.8, 4) is 5.82 Å². The molecule has 0 spiro atoms. The fourth-order valence-corrected chi connectivity index (χ4v) is 5.52. The predicted octanol–water partition coefficient (Wildman–Crippen LogP) is 0.578. The molecule has 4 heterocycles. The van der Waals surface area contributed by atoms with Gasteiger partial charge < -0.3 is 4.90 Å². The zero-order chi connectivity index (χ0) is 23.8. The van der Waals surface area contributed by atoms with Gasteiger partial charge in [0.05, 0.1) is 11.4 Å². The van der Waals surface area contributed by atoms with Gasteiger partial charge in [0, 0.05) is 57.3 Å². The van der Waals surface area contributed by atoms with Crippen molar-refractivity contribution >= 4 is 27.7 Å². The van der Waals surface area contributed by atoms with Crippen LogP contribution in [0.4, 0.5) is 5.82 Å². The van der Waals surface area contributed by atoms with E-state index in [2.05, 4.69) is 15.0 Å². The summed E-state index contributed by atoms with van der Waals surface area (Å²) in [5.74, 6) is 1.26. The fraction of sp³-hybridized carbons (Fsp3) is 0.571. The van der Waals surface area contributed by atoms with E-state index in [-0.39, 0.29) is 24.1 Å². The number of likely N-dealkylation sites (tertiary alicyclic amines) is 1. The number of imide groups is 1. The Balaban J connectivity index is 1.41. The van der Waals surface area contributed by atoms with Gasteiger partial charge in [-0.25, -0.2) is 23.4 Å². The summed E-state index contributed by atoms with van der Waals surface area (Å²) >= 11 is 0. The third-order valence-corrected chi connectivity index (χ3v) is 8.07. The van der Waals surface area contributed by atoms with Crippen molar-refractivity contribution in [3.05, 3.63) is 29.6 Å². The van der Waals surface area contributed by atoms with Gasteiger partial charge in [0.15, 0.2) is 0 Å². The maximum atomic E-state index is 12.8. The van der Waals surface area contributed by atoms with Gasteiger partial charge in [-0.15, -0.1) is 0 Å². The van der Waals surface area contributed by atoms with Crippen LogP contribution in [-0.4, -0.2) is 87.4 Å². The number of aryl methyl sites for hydroxylation is 2. The largest absolute Gasteiger partial charge is 0.354 e. The Morgan fingerprint density at radius 3 is 2.18 bits per heavy atom. The molecule has 4 rings (SSSR count). The number of piperidine rings is 1. The number of rotatable bonds is 6. The number of hydrogen-bond acceptors (Lipinski definition) is 8. The van der Waals surface area contributed by atoms with Crippen molar-refractivity contribution in [2.24, 2.45) is 0 Å². The zero-order valence-corrected chi connectivity index (χ0v) is 20.0. The molecule has 0 aliphatic carbocycles. The van der Waals surface area contributed by atoms with Crippen LogP contribution in [0.1, 0.15) is 36.5 Å². The molecule has 0 atom stereocenters. The van der Waals surface area contributed by atoms with E-state index in [0.717, 1.165) is 27.9 Å². The summed E-state index contributed by atoms with van der Waals surface area (Å²) in [5, 5.41) is 0. The summed E-state index contributed by atoms with van der Waals surface area (Å²) < 4.78 is 29.0. The fourth-order valence-electron chi connectivity index (χ4n) is 4.13. The van der Waals surface area contributed by atoms with Crippen molar-refractivity contribution < 1.29 is 18.0 Å². The van der Waals surface area contributed by atoms with Crippen molar-refractivity contribution in [1.82, 2.24) is 28.7 Å². The predicted molar refractivity (Wildman–Crippen MR) is 122 cm³/mol. The zero-order valence-electron chi connectivity index (χ0n) is 19.2. The molecule has 2 fully saturated rings. The van der Waals surface area contributed by atoms with Crippen LogP contribution >= 0.6 is 0 Å². The number of carbonyl (C=O) groups is 2. The second-order valence-electron chi connectivity index (χ2n) is 8.41. The van der Waals surface area contributed by atoms with E-state index in [9.17, 15) is 18.0 Å². The molecule has 33 heavy (non-hydrogen) atoms. The van der Waals surface area contributed by atoms with Gasteiger partial charge in [0.1, 0.15) is 23.8 Å². The smallest absolute Gasteiger partial charge is 0.229 e. The van der Waals surface area contributed by atoms with Crippen LogP contribution in [0.25, 0.3) is 5.82 Å². The van der Waals surface area contributed by atoms with Crippen LogP contribution in [0.5, 0.6) is 0 Å². The molecule has 2 amide bonds. The first-order valence-electron chi connectivity index (χ1n) is 11.1. The molecule has 0 unspecified atom stereocenters. The molecule has 2 aromatic rings. The molecule has 0 radical (unpaired) electrons. The normalized spacial score (nSPS) is 18.3. The van der Waals surface area contributed by atoms with E-state index in [1.807, 2.05) is 36.3 Å². The number of hydrogen-bond donors (Lipinski definition) is 0. The summed E-state index contributed by atoms with van der Waals surface area (Å²) in [6.07, 6.45) is 2.86. The van der Waals surface area contributed by atoms with Gasteiger partial charge in [0.25, 0.3) is 0 Å². The van der Waals surface area contributed by atoms with Gasteiger partial charge in [-0.3, -0.25) is 19.1 Å². The first kappa shape index (κ1) is 23.3. The van der Waals surface area contributed by atoms with Gasteiger partial charge >= 0.3 is 0 Å². The van der Waals surface area contributed by atoms with Crippen molar-refractivity contribution in [3.63, 3.8) is 0 Å². The molecule has 2 aromatic heterocycles. The Morgan fingerprint density at radius 1 is 0.939 bits per heavy atom. The molecule has 178 valence electrons. The minimum absolute atomic E-state index is 0.0850. The number of amides is 2. The topological polar surface area (TPSA) is 122 Å². The third-order valence-electron chi connectivity index (χ3n) is 6.22. The van der Waals surface area contributed by atoms with Crippen LogP contribution in [0.3, 0.4) is 0 Å². The van der Waals surface area contributed by atoms with E-state index in [1.54, 1.807) is 6.33 Å². The highest BCUT2D eigenvalue weighted by Gasteiger charge is 2.31. The van der Waals surface area contributed by atoms with E-state index in [4.69, 9.17) is 0 Å². The lowest BCUT2D eigenvalue weighted by atomic mass is 10.1. The van der Waals surface area contributed by atoms with Gasteiger partial charge in [-0.1, -0.05) is 0 Å². The van der Waals surface area contributed by atoms with Gasteiger partial charge in [0.2, 0.25) is 21.8 Å². The average molecular weight is 476 g/mol. The minimum atomic E-state index is -3.58. The molecule has 2 aliphatic rings. The van der Waals surface area contributed by atoms with E-state index >= 15 is 0 Å². The van der Waals surface area contributed by atoms with Crippen LogP contribution < -0.4 is 4.90 Å². The molecule has 0 saturated carbocycles. The summed E-state index contributed by atoms with van der Waals surface area (Å²) in [7, 11) is -3.58. The molecule has 2 saturated heterocycles. The molecule has 2 aliphatic heterocycles. The van der Waals surface area contributed by atoms with E-state index < -0.39 is 10.0 Å². The molecular formula is C21H29N7O4S. The van der Waals surface area contributed by atoms with E-state index in [0.29, 0.717) is 51.3 Å². The van der Waals surface area contributed by atoms with Gasteiger partial charge in [-0.2, -0.15) is 4.31 Å². The summed E-state index contributed by atoms with van der Waals surface area (Å²) in [6.45, 7) is 7.26. The summed E-state index contributed by atoms with van der Waals surface area (Å²) in [5.41, 5.74) is 1.93. The van der Waals surface area contributed by atoms with Crippen molar-refractivity contribution in [2.75, 3.05) is 43.4 Å². The lowest BCUT2D eigenvalue weighted by Crippen LogP contribution is -2.51. The van der Waals surface area contributed by atoms with Crippen molar-refractivity contribution in [1.29, 1.82) is 0 Å². The lowest BCUT2D eigenvalue weighted by Gasteiger charge is -2.35. The number of aromatic nitrogens is 4. The Bertz CT molecular complexity index is 1150. The second-order valence-corrected chi connectivity index (χ2v) is 10.5.